The van der Waals surface area contributed by atoms with E-state index >= 15 is 0 Å². The van der Waals surface area contributed by atoms with E-state index in [2.05, 4.69) is 18.6 Å². The van der Waals surface area contributed by atoms with Crippen molar-refractivity contribution in [1.29, 1.82) is 0 Å². The number of hydrogen-bond donors (Lipinski definition) is 2. The smallest absolute Gasteiger partial charge is 0.240 e. The van der Waals surface area contributed by atoms with Gasteiger partial charge in [-0.15, -0.1) is 0 Å². The van der Waals surface area contributed by atoms with E-state index in [-0.39, 0.29) is 9.88 Å². The van der Waals surface area contributed by atoms with Gasteiger partial charge in [0.1, 0.15) is 4.99 Å². The molecule has 0 aliphatic rings. The zero-order valence-corrected chi connectivity index (χ0v) is 13.1. The normalized spacial score (nSPS) is 11.8. The molecule has 1 aromatic carbocycles. The van der Waals surface area contributed by atoms with E-state index in [9.17, 15) is 8.42 Å². The molecule has 0 saturated heterocycles. The lowest BCUT2D eigenvalue weighted by Crippen LogP contribution is -2.26. The fraction of sp³-hybridized carbons (Fsp3) is 0.462. The minimum Gasteiger partial charge on any atom is -0.389 e. The maximum Gasteiger partial charge on any atom is 0.240 e. The third-order valence-corrected chi connectivity index (χ3v) is 4.47. The van der Waals surface area contributed by atoms with Gasteiger partial charge in [0.25, 0.3) is 0 Å². The van der Waals surface area contributed by atoms with Crippen LogP contribution in [0.3, 0.4) is 0 Å². The number of hydrogen-bond acceptors (Lipinski definition) is 3. The predicted octanol–water partition coefficient (Wildman–Crippen LogP) is 1.95. The molecule has 0 spiro atoms. The molecule has 0 amide bonds. The quantitative estimate of drug-likeness (QED) is 0.788. The van der Waals surface area contributed by atoms with Gasteiger partial charge in [-0.2, -0.15) is 0 Å². The Morgan fingerprint density at radius 2 is 2.05 bits per heavy atom. The first kappa shape index (κ1) is 16.1. The standard InChI is InChI=1S/C13H20N2O2S2/c1-9(2)6-7-15-19(16,17)11-4-5-12(13(14)18)10(3)8-11/h4-5,8-9,15H,6-7H2,1-3H3,(H2,14,18). The van der Waals surface area contributed by atoms with Gasteiger partial charge in [0.2, 0.25) is 10.0 Å². The molecule has 0 radical (unpaired) electrons. The molecule has 106 valence electrons. The van der Waals surface area contributed by atoms with Crippen LogP contribution in [0, 0.1) is 12.8 Å². The molecule has 6 heteroatoms. The summed E-state index contributed by atoms with van der Waals surface area (Å²) in [6, 6.07) is 4.76. The van der Waals surface area contributed by atoms with Gasteiger partial charge in [-0.3, -0.25) is 0 Å². The molecule has 1 aromatic rings. The van der Waals surface area contributed by atoms with Crippen LogP contribution in [0.2, 0.25) is 0 Å². The highest BCUT2D eigenvalue weighted by atomic mass is 32.2. The molecule has 0 aliphatic heterocycles. The van der Waals surface area contributed by atoms with Crippen molar-refractivity contribution in [3.8, 4) is 0 Å². The highest BCUT2D eigenvalue weighted by Crippen LogP contribution is 2.15. The SMILES string of the molecule is Cc1cc(S(=O)(=O)NCCC(C)C)ccc1C(N)=S. The number of thiocarbonyl (C=S) groups is 1. The summed E-state index contributed by atoms with van der Waals surface area (Å²) in [6.45, 7) is 6.34. The molecule has 0 atom stereocenters. The molecule has 0 aliphatic carbocycles. The highest BCUT2D eigenvalue weighted by Gasteiger charge is 2.15. The number of rotatable bonds is 6. The summed E-state index contributed by atoms with van der Waals surface area (Å²) in [5.41, 5.74) is 7.02. The Morgan fingerprint density at radius 1 is 1.42 bits per heavy atom. The summed E-state index contributed by atoms with van der Waals surface area (Å²) in [4.78, 5) is 0.517. The molecule has 1 rings (SSSR count). The topological polar surface area (TPSA) is 72.2 Å². The Balaban J connectivity index is 2.90. The number of aryl methyl sites for hydroxylation is 1. The first-order valence-electron chi connectivity index (χ1n) is 6.14. The van der Waals surface area contributed by atoms with E-state index in [1.165, 1.54) is 6.07 Å². The summed E-state index contributed by atoms with van der Waals surface area (Å²) in [6.07, 6.45) is 0.809. The van der Waals surface area contributed by atoms with Crippen LogP contribution in [0.1, 0.15) is 31.4 Å². The summed E-state index contributed by atoms with van der Waals surface area (Å²) in [5.74, 6) is 0.460. The van der Waals surface area contributed by atoms with Gasteiger partial charge in [-0.1, -0.05) is 32.1 Å². The Morgan fingerprint density at radius 3 is 2.53 bits per heavy atom. The average Bonchev–Trinajstić information content (AvgIpc) is 2.27. The van der Waals surface area contributed by atoms with Crippen LogP contribution in [0.25, 0.3) is 0 Å². The van der Waals surface area contributed by atoms with Crippen LogP contribution < -0.4 is 10.5 Å². The molecule has 0 bridgehead atoms. The fourth-order valence-corrected chi connectivity index (χ4v) is 3.01. The summed E-state index contributed by atoms with van der Waals surface area (Å²) < 4.78 is 26.7. The van der Waals surface area contributed by atoms with Crippen LogP contribution in [0.5, 0.6) is 0 Å². The zero-order chi connectivity index (χ0) is 14.6. The maximum absolute atomic E-state index is 12.1. The van der Waals surface area contributed by atoms with E-state index in [1.807, 2.05) is 0 Å². The van der Waals surface area contributed by atoms with Crippen molar-refractivity contribution in [2.45, 2.75) is 32.1 Å². The van der Waals surface area contributed by atoms with Crippen molar-refractivity contribution >= 4 is 27.2 Å². The number of benzene rings is 1. The Kier molecular flexibility index (Phi) is 5.46. The molecule has 4 nitrogen and oxygen atoms in total. The van der Waals surface area contributed by atoms with Crippen molar-refractivity contribution < 1.29 is 8.42 Å². The van der Waals surface area contributed by atoms with Gasteiger partial charge in [0.05, 0.1) is 4.90 Å². The maximum atomic E-state index is 12.1. The van der Waals surface area contributed by atoms with E-state index < -0.39 is 10.0 Å². The largest absolute Gasteiger partial charge is 0.389 e. The van der Waals surface area contributed by atoms with E-state index in [4.69, 9.17) is 18.0 Å². The van der Waals surface area contributed by atoms with E-state index in [0.717, 1.165) is 12.0 Å². The molecule has 0 unspecified atom stereocenters. The number of nitrogens with one attached hydrogen (secondary N) is 1. The van der Waals surface area contributed by atoms with Crippen molar-refractivity contribution in [1.82, 2.24) is 4.72 Å². The van der Waals surface area contributed by atoms with Crippen LogP contribution >= 0.6 is 12.2 Å². The summed E-state index contributed by atoms with van der Waals surface area (Å²) in [7, 11) is -3.45. The fourth-order valence-electron chi connectivity index (χ4n) is 1.65. The zero-order valence-electron chi connectivity index (χ0n) is 11.4. The highest BCUT2D eigenvalue weighted by molar-refractivity contribution is 7.89. The predicted molar refractivity (Wildman–Crippen MR) is 81.7 cm³/mol. The van der Waals surface area contributed by atoms with E-state index in [0.29, 0.717) is 18.0 Å². The van der Waals surface area contributed by atoms with Gasteiger partial charge in [0, 0.05) is 12.1 Å². The van der Waals surface area contributed by atoms with Crippen molar-refractivity contribution in [3.63, 3.8) is 0 Å². The molecule has 0 heterocycles. The number of sulfonamides is 1. The minimum atomic E-state index is -3.45. The molecule has 19 heavy (non-hydrogen) atoms. The Labute approximate surface area is 120 Å². The molecule has 0 saturated carbocycles. The lowest BCUT2D eigenvalue weighted by Gasteiger charge is -2.10. The van der Waals surface area contributed by atoms with Gasteiger partial charge >= 0.3 is 0 Å². The summed E-state index contributed by atoms with van der Waals surface area (Å²) in [5, 5.41) is 0. The molecule has 0 fully saturated rings. The molecule has 3 N–H and O–H groups in total. The van der Waals surface area contributed by atoms with Crippen LogP contribution in [0.4, 0.5) is 0 Å². The van der Waals surface area contributed by atoms with Gasteiger partial charge in [0.15, 0.2) is 0 Å². The minimum absolute atomic E-state index is 0.244. The summed E-state index contributed by atoms with van der Waals surface area (Å²) >= 11 is 4.90. The lowest BCUT2D eigenvalue weighted by atomic mass is 10.1. The first-order chi connectivity index (χ1) is 8.74. The van der Waals surface area contributed by atoms with Crippen molar-refractivity contribution in [2.75, 3.05) is 6.54 Å². The van der Waals surface area contributed by atoms with Gasteiger partial charge in [-0.25, -0.2) is 13.1 Å². The second kappa shape index (κ2) is 6.45. The van der Waals surface area contributed by atoms with Crippen molar-refractivity contribution in [2.24, 2.45) is 11.7 Å². The van der Waals surface area contributed by atoms with Crippen LogP contribution in [-0.2, 0) is 10.0 Å². The lowest BCUT2D eigenvalue weighted by molar-refractivity contribution is 0.551. The molecular weight excluding hydrogens is 280 g/mol. The van der Waals surface area contributed by atoms with Crippen LogP contribution in [0.15, 0.2) is 23.1 Å². The third-order valence-electron chi connectivity index (χ3n) is 2.79. The van der Waals surface area contributed by atoms with Crippen molar-refractivity contribution in [3.05, 3.63) is 29.3 Å². The Bertz CT molecular complexity index is 566. The van der Waals surface area contributed by atoms with Gasteiger partial charge in [-0.05, 0) is 37.0 Å². The first-order valence-corrected chi connectivity index (χ1v) is 8.03. The second-order valence-electron chi connectivity index (χ2n) is 4.92. The van der Waals surface area contributed by atoms with E-state index in [1.54, 1.807) is 19.1 Å². The molecular formula is C13H20N2O2S2. The Hall–Kier alpha value is -0.980. The second-order valence-corrected chi connectivity index (χ2v) is 7.13. The monoisotopic (exact) mass is 300 g/mol. The average molecular weight is 300 g/mol. The third kappa shape index (κ3) is 4.56. The molecule has 0 aromatic heterocycles. The number of nitrogens with two attached hydrogens (primary N) is 1. The van der Waals surface area contributed by atoms with Crippen LogP contribution in [-0.4, -0.2) is 20.0 Å². The van der Waals surface area contributed by atoms with Gasteiger partial charge < -0.3 is 5.73 Å².